The number of aromatic nitrogens is 3. The molecule has 0 aliphatic heterocycles. The van der Waals surface area contributed by atoms with Crippen molar-refractivity contribution in [2.45, 2.75) is 13.5 Å². The Labute approximate surface area is 143 Å². The third-order valence-corrected chi connectivity index (χ3v) is 2.70. The van der Waals surface area contributed by atoms with E-state index in [9.17, 15) is 9.59 Å². The van der Waals surface area contributed by atoms with E-state index in [-0.39, 0.29) is 48.4 Å². The van der Waals surface area contributed by atoms with Crippen molar-refractivity contribution in [1.29, 1.82) is 0 Å². The van der Waals surface area contributed by atoms with E-state index in [0.29, 0.717) is 0 Å². The first-order valence-electron chi connectivity index (χ1n) is 6.11. The Morgan fingerprint density at radius 2 is 2.00 bits per heavy atom. The fourth-order valence-corrected chi connectivity index (χ4v) is 1.68. The van der Waals surface area contributed by atoms with Gasteiger partial charge in [0.2, 0.25) is 5.69 Å². The number of methoxy groups -OCH3 is 1. The summed E-state index contributed by atoms with van der Waals surface area (Å²) >= 11 is 0. The van der Waals surface area contributed by atoms with Crippen LogP contribution < -0.4 is 10.3 Å². The van der Waals surface area contributed by atoms with Gasteiger partial charge in [-0.2, -0.15) is 0 Å². The van der Waals surface area contributed by atoms with Gasteiger partial charge in [-0.3, -0.25) is 4.79 Å². The minimum absolute atomic E-state index is 0. The molecule has 0 saturated heterocycles. The van der Waals surface area contributed by atoms with E-state index in [1.807, 2.05) is 12.1 Å². The van der Waals surface area contributed by atoms with Crippen LogP contribution in [0.5, 0.6) is 5.75 Å². The minimum Gasteiger partial charge on any atom is -0.497 e. The van der Waals surface area contributed by atoms with Crippen molar-refractivity contribution in [2.24, 2.45) is 0 Å². The molecule has 21 heavy (non-hydrogen) atoms. The summed E-state index contributed by atoms with van der Waals surface area (Å²) in [7, 11) is 1.58. The molecule has 0 unspecified atom stereocenters. The summed E-state index contributed by atoms with van der Waals surface area (Å²) in [5.74, 6) is 0.0140. The largest absolute Gasteiger partial charge is 0.497 e. The number of H-pyrrole nitrogens is 1. The van der Waals surface area contributed by atoms with Gasteiger partial charge in [0.1, 0.15) is 5.75 Å². The first-order chi connectivity index (χ1) is 9.65. The van der Waals surface area contributed by atoms with Gasteiger partial charge in [-0.05, 0) is 24.6 Å². The molecular formula is C13H15N3NaO4. The number of nitrogens with zero attached hydrogens (tertiary/aromatic N) is 2. The van der Waals surface area contributed by atoms with Crippen molar-refractivity contribution < 1.29 is 14.3 Å². The molecule has 2 rings (SSSR count). The molecule has 0 bridgehead atoms. The number of aromatic amines is 1. The summed E-state index contributed by atoms with van der Waals surface area (Å²) in [5, 5.41) is 6.20. The molecule has 1 heterocycles. The molecule has 1 aromatic heterocycles. The van der Waals surface area contributed by atoms with Gasteiger partial charge in [0.05, 0.1) is 20.3 Å². The van der Waals surface area contributed by atoms with Gasteiger partial charge in [0.15, 0.2) is 0 Å². The average molecular weight is 300 g/mol. The predicted molar refractivity (Wildman–Crippen MR) is 76.7 cm³/mol. The van der Waals surface area contributed by atoms with E-state index in [0.717, 1.165) is 11.3 Å². The Hall–Kier alpha value is -1.57. The maximum Gasteiger partial charge on any atom is 0.364 e. The van der Waals surface area contributed by atoms with Crippen LogP contribution >= 0.6 is 0 Å². The van der Waals surface area contributed by atoms with Gasteiger partial charge in [-0.25, -0.2) is 14.7 Å². The third kappa shape index (κ3) is 4.20. The predicted octanol–water partition coefficient (Wildman–Crippen LogP) is 0.424. The average Bonchev–Trinajstić information content (AvgIpc) is 2.81. The molecule has 8 heteroatoms. The fourth-order valence-electron chi connectivity index (χ4n) is 1.68. The molecule has 1 aromatic carbocycles. The van der Waals surface area contributed by atoms with E-state index in [2.05, 4.69) is 10.3 Å². The van der Waals surface area contributed by atoms with Crippen molar-refractivity contribution in [3.8, 4) is 5.75 Å². The molecule has 7 nitrogen and oxygen atoms in total. The monoisotopic (exact) mass is 300 g/mol. The number of nitrogens with one attached hydrogen (secondary N) is 1. The summed E-state index contributed by atoms with van der Waals surface area (Å²) in [6, 6.07) is 7.25. The summed E-state index contributed by atoms with van der Waals surface area (Å²) < 4.78 is 11.1. The molecule has 2 aromatic rings. The molecule has 0 fully saturated rings. The Morgan fingerprint density at radius 1 is 1.33 bits per heavy atom. The van der Waals surface area contributed by atoms with Crippen LogP contribution in [0.15, 0.2) is 29.1 Å². The third-order valence-electron chi connectivity index (χ3n) is 2.70. The maximum atomic E-state index is 12.0. The van der Waals surface area contributed by atoms with Crippen molar-refractivity contribution in [3.63, 3.8) is 0 Å². The van der Waals surface area contributed by atoms with Gasteiger partial charge in [0, 0.05) is 29.6 Å². The van der Waals surface area contributed by atoms with Gasteiger partial charge in [0.25, 0.3) is 0 Å². The SMILES string of the molecule is CCOC(=O)c1n[nH]n(Cc2ccc(OC)cc2)c1=O.[Na]. The number of hydrogen-bond acceptors (Lipinski definition) is 5. The summed E-state index contributed by atoms with van der Waals surface area (Å²) in [6.45, 7) is 2.15. The van der Waals surface area contributed by atoms with E-state index in [4.69, 9.17) is 9.47 Å². The zero-order valence-corrected chi connectivity index (χ0v) is 14.3. The second-order valence-electron chi connectivity index (χ2n) is 4.02. The molecule has 0 saturated carbocycles. The van der Waals surface area contributed by atoms with Gasteiger partial charge >= 0.3 is 11.5 Å². The molecule has 0 spiro atoms. The van der Waals surface area contributed by atoms with Gasteiger partial charge in [-0.15, -0.1) is 5.10 Å². The zero-order chi connectivity index (χ0) is 14.5. The minimum atomic E-state index is -0.720. The molecular weight excluding hydrogens is 285 g/mol. The zero-order valence-electron chi connectivity index (χ0n) is 12.3. The smallest absolute Gasteiger partial charge is 0.364 e. The quantitative estimate of drug-likeness (QED) is 0.639. The molecule has 1 radical (unpaired) electrons. The second kappa shape index (κ2) is 8.02. The van der Waals surface area contributed by atoms with Crippen LogP contribution in [0.25, 0.3) is 0 Å². The van der Waals surface area contributed by atoms with E-state index in [1.165, 1.54) is 4.68 Å². The van der Waals surface area contributed by atoms with Crippen LogP contribution in [0.4, 0.5) is 0 Å². The summed E-state index contributed by atoms with van der Waals surface area (Å²) in [5.41, 5.74) is 0.145. The van der Waals surface area contributed by atoms with Crippen molar-refractivity contribution in [1.82, 2.24) is 15.0 Å². The van der Waals surface area contributed by atoms with Crippen LogP contribution in [0.3, 0.4) is 0 Å². The number of benzene rings is 1. The Balaban J connectivity index is 0.00000220. The summed E-state index contributed by atoms with van der Waals surface area (Å²) in [4.78, 5) is 23.4. The molecule has 107 valence electrons. The summed E-state index contributed by atoms with van der Waals surface area (Å²) in [6.07, 6.45) is 0. The molecule has 1 N–H and O–H groups in total. The molecule has 0 atom stereocenters. The number of ether oxygens (including phenoxy) is 2. The maximum absolute atomic E-state index is 12.0. The normalized spacial score (nSPS) is 9.81. The molecule has 0 amide bonds. The Kier molecular flexibility index (Phi) is 6.67. The van der Waals surface area contributed by atoms with Crippen molar-refractivity contribution in [3.05, 3.63) is 45.9 Å². The Morgan fingerprint density at radius 3 is 2.57 bits per heavy atom. The van der Waals surface area contributed by atoms with Crippen LogP contribution in [0.1, 0.15) is 23.0 Å². The van der Waals surface area contributed by atoms with Gasteiger partial charge in [-0.1, -0.05) is 12.1 Å². The van der Waals surface area contributed by atoms with Crippen molar-refractivity contribution >= 4 is 35.5 Å². The van der Waals surface area contributed by atoms with Crippen LogP contribution in [-0.2, 0) is 11.3 Å². The first-order valence-corrected chi connectivity index (χ1v) is 6.11. The molecule has 0 aliphatic rings. The fraction of sp³-hybridized carbons (Fsp3) is 0.308. The molecule has 0 aliphatic carbocycles. The van der Waals surface area contributed by atoms with Crippen LogP contribution in [0.2, 0.25) is 0 Å². The van der Waals surface area contributed by atoms with Crippen LogP contribution in [-0.4, -0.2) is 64.2 Å². The van der Waals surface area contributed by atoms with Crippen molar-refractivity contribution in [2.75, 3.05) is 13.7 Å². The number of carbonyl (C=O) groups excluding carboxylic acids is 1. The standard InChI is InChI=1S/C13H15N3O4.Na/c1-3-20-13(18)11-12(17)16(15-14-11)8-9-4-6-10(19-2)7-5-9;/h4-7,15H,3,8H2,1-2H3;. The number of rotatable bonds is 5. The van der Waals surface area contributed by atoms with Crippen LogP contribution in [0, 0.1) is 0 Å². The number of hydrogen-bond donors (Lipinski definition) is 1. The second-order valence-corrected chi connectivity index (χ2v) is 4.02. The first kappa shape index (κ1) is 17.5. The van der Waals surface area contributed by atoms with E-state index < -0.39 is 11.5 Å². The Bertz CT molecular complexity index is 648. The number of carbonyl (C=O) groups is 1. The van der Waals surface area contributed by atoms with E-state index >= 15 is 0 Å². The van der Waals surface area contributed by atoms with E-state index in [1.54, 1.807) is 26.2 Å². The number of esters is 1. The van der Waals surface area contributed by atoms with Gasteiger partial charge < -0.3 is 9.47 Å². The topological polar surface area (TPSA) is 86.2 Å².